The predicted octanol–water partition coefficient (Wildman–Crippen LogP) is 3.22. The van der Waals surface area contributed by atoms with Gasteiger partial charge in [0.15, 0.2) is 0 Å². The summed E-state index contributed by atoms with van der Waals surface area (Å²) >= 11 is 0. The van der Waals surface area contributed by atoms with Crippen molar-refractivity contribution in [1.82, 2.24) is 34.2 Å². The SMILES string of the molecule is COc1ccc2ncc(=O)n(CCN3CCC(N)CC3)c2c1.COc1ccc2ncc(=O)n(CCN3CCC(NC(=O)OC(C)(C)C)CC3)c2c1. The first-order valence-electron chi connectivity index (χ1n) is 17.7. The van der Waals surface area contributed by atoms with Crippen molar-refractivity contribution in [3.05, 3.63) is 69.5 Å². The minimum Gasteiger partial charge on any atom is -0.497 e. The largest absolute Gasteiger partial charge is 0.497 e. The van der Waals surface area contributed by atoms with Gasteiger partial charge in [0.1, 0.15) is 17.1 Å². The van der Waals surface area contributed by atoms with Crippen molar-refractivity contribution in [2.75, 3.05) is 53.5 Å². The van der Waals surface area contributed by atoms with Crippen LogP contribution in [0.15, 0.2) is 58.4 Å². The Hall–Kier alpha value is -4.53. The number of likely N-dealkylation sites (tertiary alicyclic amines) is 2. The maximum Gasteiger partial charge on any atom is 0.407 e. The van der Waals surface area contributed by atoms with E-state index in [9.17, 15) is 14.4 Å². The van der Waals surface area contributed by atoms with Crippen LogP contribution in [0.5, 0.6) is 11.5 Å². The van der Waals surface area contributed by atoms with Crippen LogP contribution in [0.1, 0.15) is 46.5 Å². The Balaban J connectivity index is 0.000000205. The van der Waals surface area contributed by atoms with Crippen LogP contribution >= 0.6 is 0 Å². The van der Waals surface area contributed by atoms with Gasteiger partial charge in [0.05, 0.1) is 48.7 Å². The second-order valence-electron chi connectivity index (χ2n) is 14.1. The Morgan fingerprint density at radius 2 is 1.22 bits per heavy atom. The summed E-state index contributed by atoms with van der Waals surface area (Å²) in [7, 11) is 3.23. The zero-order valence-corrected chi connectivity index (χ0v) is 30.5. The van der Waals surface area contributed by atoms with Crippen LogP contribution in [0.2, 0.25) is 0 Å². The number of piperidine rings is 2. The summed E-state index contributed by atoms with van der Waals surface area (Å²) in [5, 5.41) is 2.95. The summed E-state index contributed by atoms with van der Waals surface area (Å²) < 4.78 is 19.4. The van der Waals surface area contributed by atoms with E-state index in [1.165, 1.54) is 12.4 Å². The van der Waals surface area contributed by atoms with Crippen molar-refractivity contribution >= 4 is 28.2 Å². The van der Waals surface area contributed by atoms with E-state index in [1.807, 2.05) is 57.2 Å². The van der Waals surface area contributed by atoms with Gasteiger partial charge in [-0.05, 0) is 83.8 Å². The number of amides is 1. The normalized spacial score (nSPS) is 16.4. The van der Waals surface area contributed by atoms with E-state index >= 15 is 0 Å². The average Bonchev–Trinajstić information content (AvgIpc) is 3.11. The number of fused-ring (bicyclic) bond motifs is 2. The van der Waals surface area contributed by atoms with Crippen LogP contribution < -0.4 is 31.6 Å². The quantitative estimate of drug-likeness (QED) is 0.264. The van der Waals surface area contributed by atoms with Crippen LogP contribution in [0.25, 0.3) is 22.1 Å². The second-order valence-corrected chi connectivity index (χ2v) is 14.1. The van der Waals surface area contributed by atoms with E-state index in [1.54, 1.807) is 23.4 Å². The molecular weight excluding hydrogens is 652 g/mol. The number of nitrogens with two attached hydrogens (primary N) is 1. The molecule has 0 aliphatic carbocycles. The number of methoxy groups -OCH3 is 2. The third-order valence-corrected chi connectivity index (χ3v) is 9.33. The van der Waals surface area contributed by atoms with Crippen LogP contribution in [-0.2, 0) is 17.8 Å². The number of nitrogens with one attached hydrogen (secondary N) is 1. The van der Waals surface area contributed by atoms with Gasteiger partial charge >= 0.3 is 6.09 Å². The smallest absolute Gasteiger partial charge is 0.407 e. The molecule has 4 heterocycles. The minimum absolute atomic E-state index is 0.0746. The molecule has 2 aromatic heterocycles. The first-order chi connectivity index (χ1) is 24.4. The standard InChI is InChI=1S/C21H30N4O4.C16H22N4O2/c1-21(2,3)29-20(27)23-15-7-9-24(10-8-15)11-12-25-18-13-16(28-4)5-6-17(18)22-14-19(25)26;1-22-13-2-3-14-15(10-13)20(16(21)11-18-14)9-8-19-6-4-12(17)5-7-19/h5-6,13-15H,7-12H2,1-4H3,(H,23,27);2-3,10-12H,4-9,17H2,1H3. The number of alkyl carbamates (subject to hydrolysis) is 1. The number of hydrogen-bond donors (Lipinski definition) is 2. The van der Waals surface area contributed by atoms with Crippen molar-refractivity contribution in [2.24, 2.45) is 5.73 Å². The van der Waals surface area contributed by atoms with Crippen LogP contribution in [-0.4, -0.2) is 106 Å². The third kappa shape index (κ3) is 10.5. The van der Waals surface area contributed by atoms with Gasteiger partial charge in [0, 0.05) is 63.5 Å². The number of rotatable bonds is 9. The Bertz CT molecular complexity index is 1890. The van der Waals surface area contributed by atoms with Gasteiger partial charge in [0.25, 0.3) is 11.1 Å². The lowest BCUT2D eigenvalue weighted by molar-refractivity contribution is 0.0478. The molecule has 0 spiro atoms. The Morgan fingerprint density at radius 1 is 0.765 bits per heavy atom. The molecule has 0 bridgehead atoms. The Kier molecular flexibility index (Phi) is 12.7. The predicted molar refractivity (Wildman–Crippen MR) is 198 cm³/mol. The molecule has 14 nitrogen and oxygen atoms in total. The van der Waals surface area contributed by atoms with E-state index in [0.717, 1.165) is 92.8 Å². The first kappa shape index (κ1) is 37.7. The van der Waals surface area contributed by atoms with E-state index < -0.39 is 5.60 Å². The molecule has 0 radical (unpaired) electrons. The topological polar surface area (TPSA) is 159 Å². The molecule has 3 N–H and O–H groups in total. The highest BCUT2D eigenvalue weighted by atomic mass is 16.6. The number of hydrogen-bond acceptors (Lipinski definition) is 11. The van der Waals surface area contributed by atoms with Gasteiger partial charge < -0.3 is 44.2 Å². The summed E-state index contributed by atoms with van der Waals surface area (Å²) in [4.78, 5) is 49.6. The molecule has 0 atom stereocenters. The highest BCUT2D eigenvalue weighted by Crippen LogP contribution is 2.20. The lowest BCUT2D eigenvalue weighted by atomic mass is 10.1. The molecule has 2 saturated heterocycles. The molecule has 6 rings (SSSR count). The van der Waals surface area contributed by atoms with Gasteiger partial charge in [-0.15, -0.1) is 0 Å². The van der Waals surface area contributed by atoms with Crippen LogP contribution in [0, 0.1) is 0 Å². The molecule has 14 heteroatoms. The highest BCUT2D eigenvalue weighted by molar-refractivity contribution is 5.77. The molecule has 2 aliphatic heterocycles. The van der Waals surface area contributed by atoms with E-state index in [-0.39, 0.29) is 23.3 Å². The van der Waals surface area contributed by atoms with E-state index in [2.05, 4.69) is 25.1 Å². The summed E-state index contributed by atoms with van der Waals surface area (Å²) in [5.74, 6) is 1.44. The van der Waals surface area contributed by atoms with E-state index in [0.29, 0.717) is 24.9 Å². The van der Waals surface area contributed by atoms with Crippen molar-refractivity contribution < 1.29 is 19.0 Å². The molecule has 1 amide bonds. The van der Waals surface area contributed by atoms with Crippen molar-refractivity contribution in [3.63, 3.8) is 0 Å². The fourth-order valence-electron chi connectivity index (χ4n) is 6.43. The first-order valence-corrected chi connectivity index (χ1v) is 17.7. The second kappa shape index (κ2) is 17.1. The fraction of sp³-hybridized carbons (Fsp3) is 0.541. The zero-order chi connectivity index (χ0) is 36.5. The molecule has 2 aromatic carbocycles. The lowest BCUT2D eigenvalue weighted by Crippen LogP contribution is -2.46. The molecular formula is C37H52N8O6. The zero-order valence-electron chi connectivity index (χ0n) is 30.5. The van der Waals surface area contributed by atoms with Gasteiger partial charge in [-0.2, -0.15) is 0 Å². The van der Waals surface area contributed by atoms with Crippen molar-refractivity contribution in [2.45, 2.75) is 77.2 Å². The van der Waals surface area contributed by atoms with Crippen molar-refractivity contribution in [3.8, 4) is 11.5 Å². The maximum atomic E-state index is 12.4. The fourth-order valence-corrected chi connectivity index (χ4v) is 6.43. The molecule has 2 fully saturated rings. The Morgan fingerprint density at radius 3 is 1.65 bits per heavy atom. The molecule has 0 saturated carbocycles. The molecule has 276 valence electrons. The molecule has 0 unspecified atom stereocenters. The molecule has 51 heavy (non-hydrogen) atoms. The highest BCUT2D eigenvalue weighted by Gasteiger charge is 2.24. The van der Waals surface area contributed by atoms with Crippen molar-refractivity contribution in [1.29, 1.82) is 0 Å². The van der Waals surface area contributed by atoms with E-state index in [4.69, 9.17) is 19.9 Å². The monoisotopic (exact) mass is 704 g/mol. The summed E-state index contributed by atoms with van der Waals surface area (Å²) in [5.41, 5.74) is 8.42. The van der Waals surface area contributed by atoms with Crippen LogP contribution in [0.3, 0.4) is 0 Å². The Labute approximate surface area is 298 Å². The number of carbonyl (C=O) groups excluding carboxylic acids is 1. The van der Waals surface area contributed by atoms with Gasteiger partial charge in [0.2, 0.25) is 0 Å². The van der Waals surface area contributed by atoms with Gasteiger partial charge in [-0.25, -0.2) is 14.8 Å². The lowest BCUT2D eigenvalue weighted by Gasteiger charge is -2.33. The summed E-state index contributed by atoms with van der Waals surface area (Å²) in [6, 6.07) is 11.6. The maximum absolute atomic E-state index is 12.4. The van der Waals surface area contributed by atoms with Crippen LogP contribution in [0.4, 0.5) is 4.79 Å². The number of aromatic nitrogens is 4. The number of carbonyl (C=O) groups is 1. The number of nitrogens with zero attached hydrogens (tertiary/aromatic N) is 6. The van der Waals surface area contributed by atoms with Gasteiger partial charge in [-0.3, -0.25) is 9.59 Å². The average molecular weight is 705 g/mol. The number of benzene rings is 2. The summed E-state index contributed by atoms with van der Waals surface area (Å²) in [6.07, 6.45) is 6.17. The number of ether oxygens (including phenoxy) is 3. The third-order valence-electron chi connectivity index (χ3n) is 9.33. The van der Waals surface area contributed by atoms with Gasteiger partial charge in [-0.1, -0.05) is 0 Å². The summed E-state index contributed by atoms with van der Waals surface area (Å²) in [6.45, 7) is 12.1. The molecule has 4 aromatic rings. The molecule has 2 aliphatic rings. The minimum atomic E-state index is -0.492.